The molecule has 0 saturated carbocycles. The van der Waals surface area contributed by atoms with Crippen LogP contribution >= 0.6 is 39.5 Å². The maximum absolute atomic E-state index is 5.72. The molecule has 2 rings (SSSR count). The summed E-state index contributed by atoms with van der Waals surface area (Å²) in [5.41, 5.74) is 6.40. The standard InChI is InChI=1S/C13H12BrNOS2/c14-11-8-9(13(15)17)3-4-12(11)16-6-5-10-2-1-7-18-10/h1-4,7-8H,5-6H2,(H2,15,17). The largest absolute Gasteiger partial charge is 0.492 e. The van der Waals surface area contributed by atoms with Crippen molar-refractivity contribution in [3.8, 4) is 5.75 Å². The van der Waals surface area contributed by atoms with Crippen molar-refractivity contribution in [1.29, 1.82) is 0 Å². The lowest BCUT2D eigenvalue weighted by atomic mass is 10.2. The van der Waals surface area contributed by atoms with Crippen molar-refractivity contribution < 1.29 is 4.74 Å². The van der Waals surface area contributed by atoms with E-state index in [1.165, 1.54) is 4.88 Å². The van der Waals surface area contributed by atoms with Gasteiger partial charge in [0.15, 0.2) is 0 Å². The van der Waals surface area contributed by atoms with Crippen LogP contribution in [0.25, 0.3) is 0 Å². The Bertz CT molecular complexity index is 540. The van der Waals surface area contributed by atoms with Gasteiger partial charge in [-0.1, -0.05) is 18.3 Å². The smallest absolute Gasteiger partial charge is 0.133 e. The van der Waals surface area contributed by atoms with Gasteiger partial charge in [0.1, 0.15) is 10.7 Å². The van der Waals surface area contributed by atoms with Crippen LogP contribution in [0, 0.1) is 0 Å². The molecule has 0 atom stereocenters. The van der Waals surface area contributed by atoms with Crippen LogP contribution in [0.3, 0.4) is 0 Å². The molecule has 0 unspecified atom stereocenters. The zero-order chi connectivity index (χ0) is 13.0. The number of hydrogen-bond donors (Lipinski definition) is 1. The van der Waals surface area contributed by atoms with Crippen molar-refractivity contribution >= 4 is 44.5 Å². The molecule has 2 N–H and O–H groups in total. The van der Waals surface area contributed by atoms with Gasteiger partial charge in [-0.25, -0.2) is 0 Å². The quantitative estimate of drug-likeness (QED) is 0.841. The summed E-state index contributed by atoms with van der Waals surface area (Å²) >= 11 is 10.1. The van der Waals surface area contributed by atoms with Crippen LogP contribution in [0.1, 0.15) is 10.4 Å². The van der Waals surface area contributed by atoms with Gasteiger partial charge in [-0.15, -0.1) is 11.3 Å². The summed E-state index contributed by atoms with van der Waals surface area (Å²) < 4.78 is 6.59. The maximum atomic E-state index is 5.72. The number of halogens is 1. The summed E-state index contributed by atoms with van der Waals surface area (Å²) in [6.07, 6.45) is 0.918. The molecule has 0 amide bonds. The fourth-order valence-corrected chi connectivity index (χ4v) is 2.80. The Balaban J connectivity index is 1.95. The number of hydrogen-bond acceptors (Lipinski definition) is 3. The molecule has 0 spiro atoms. The first-order chi connectivity index (χ1) is 8.66. The first kappa shape index (κ1) is 13.5. The number of ether oxygens (including phenoxy) is 1. The van der Waals surface area contributed by atoms with Gasteiger partial charge < -0.3 is 10.5 Å². The van der Waals surface area contributed by atoms with Crippen molar-refractivity contribution in [3.05, 3.63) is 50.6 Å². The summed E-state index contributed by atoms with van der Waals surface area (Å²) in [7, 11) is 0. The van der Waals surface area contributed by atoms with Crippen LogP contribution in [-0.2, 0) is 6.42 Å². The van der Waals surface area contributed by atoms with Crippen LogP contribution in [-0.4, -0.2) is 11.6 Å². The summed E-state index contributed by atoms with van der Waals surface area (Å²) in [5.74, 6) is 0.812. The highest BCUT2D eigenvalue weighted by atomic mass is 79.9. The zero-order valence-electron chi connectivity index (χ0n) is 9.56. The average molecular weight is 342 g/mol. The maximum Gasteiger partial charge on any atom is 0.133 e. The summed E-state index contributed by atoms with van der Waals surface area (Å²) in [5, 5.41) is 2.07. The van der Waals surface area contributed by atoms with Crippen molar-refractivity contribution in [2.75, 3.05) is 6.61 Å². The molecular formula is C13H12BrNOS2. The van der Waals surface area contributed by atoms with E-state index >= 15 is 0 Å². The Morgan fingerprint density at radius 1 is 1.39 bits per heavy atom. The predicted molar refractivity (Wildman–Crippen MR) is 83.5 cm³/mol. The minimum atomic E-state index is 0.390. The van der Waals surface area contributed by atoms with Gasteiger partial charge in [0.25, 0.3) is 0 Å². The number of thiophene rings is 1. The SMILES string of the molecule is NC(=S)c1ccc(OCCc2cccs2)c(Br)c1. The van der Waals surface area contributed by atoms with Crippen molar-refractivity contribution in [2.45, 2.75) is 6.42 Å². The van der Waals surface area contributed by atoms with Gasteiger partial charge in [0.2, 0.25) is 0 Å². The third-order valence-corrected chi connectivity index (χ3v) is 4.19. The Kier molecular flexibility index (Phi) is 4.74. The summed E-state index contributed by atoms with van der Waals surface area (Å²) in [6.45, 7) is 0.658. The highest BCUT2D eigenvalue weighted by molar-refractivity contribution is 9.10. The highest BCUT2D eigenvalue weighted by Crippen LogP contribution is 2.26. The van der Waals surface area contributed by atoms with Crippen molar-refractivity contribution in [2.24, 2.45) is 5.73 Å². The van der Waals surface area contributed by atoms with Crippen LogP contribution in [0.4, 0.5) is 0 Å². The lowest BCUT2D eigenvalue weighted by Gasteiger charge is -2.08. The topological polar surface area (TPSA) is 35.2 Å². The molecule has 0 saturated heterocycles. The molecule has 5 heteroatoms. The molecule has 1 aromatic carbocycles. The second kappa shape index (κ2) is 6.31. The van der Waals surface area contributed by atoms with E-state index in [9.17, 15) is 0 Å². The van der Waals surface area contributed by atoms with Gasteiger partial charge in [-0.05, 0) is 45.6 Å². The van der Waals surface area contributed by atoms with Crippen LogP contribution in [0.15, 0.2) is 40.2 Å². The van der Waals surface area contributed by atoms with E-state index in [4.69, 9.17) is 22.7 Å². The fraction of sp³-hybridized carbons (Fsp3) is 0.154. The number of rotatable bonds is 5. The second-order valence-corrected chi connectivity index (χ2v) is 6.01. The molecule has 1 heterocycles. The minimum absolute atomic E-state index is 0.390. The molecule has 2 aromatic rings. The Hall–Kier alpha value is -0.910. The van der Waals surface area contributed by atoms with E-state index in [1.54, 1.807) is 11.3 Å². The van der Waals surface area contributed by atoms with Crippen molar-refractivity contribution in [1.82, 2.24) is 0 Å². The molecule has 0 radical (unpaired) electrons. The normalized spacial score (nSPS) is 10.3. The van der Waals surface area contributed by atoms with Gasteiger partial charge in [-0.2, -0.15) is 0 Å². The van der Waals surface area contributed by atoms with E-state index < -0.39 is 0 Å². The Morgan fingerprint density at radius 2 is 2.22 bits per heavy atom. The fourth-order valence-electron chi connectivity index (χ4n) is 1.49. The number of benzene rings is 1. The van der Waals surface area contributed by atoms with E-state index in [1.807, 2.05) is 24.3 Å². The molecule has 1 aromatic heterocycles. The molecule has 0 aliphatic carbocycles. The summed E-state index contributed by atoms with van der Waals surface area (Å²) in [4.78, 5) is 1.71. The van der Waals surface area contributed by atoms with Crippen molar-refractivity contribution in [3.63, 3.8) is 0 Å². The lowest BCUT2D eigenvalue weighted by Crippen LogP contribution is -2.09. The molecule has 0 aliphatic rings. The van der Waals surface area contributed by atoms with E-state index in [0.29, 0.717) is 11.6 Å². The van der Waals surface area contributed by atoms with E-state index in [-0.39, 0.29) is 0 Å². The minimum Gasteiger partial charge on any atom is -0.492 e. The predicted octanol–water partition coefficient (Wildman–Crippen LogP) is 3.77. The van der Waals surface area contributed by atoms with Crippen LogP contribution in [0.2, 0.25) is 0 Å². The molecule has 0 fully saturated rings. The van der Waals surface area contributed by atoms with Gasteiger partial charge in [-0.3, -0.25) is 0 Å². The van der Waals surface area contributed by atoms with Crippen LogP contribution in [0.5, 0.6) is 5.75 Å². The molecule has 0 bridgehead atoms. The molecule has 0 aliphatic heterocycles. The monoisotopic (exact) mass is 341 g/mol. The van der Waals surface area contributed by atoms with E-state index in [2.05, 4.69) is 27.4 Å². The number of thiocarbonyl (C=S) groups is 1. The third kappa shape index (κ3) is 3.54. The van der Waals surface area contributed by atoms with Gasteiger partial charge in [0, 0.05) is 16.9 Å². The first-order valence-corrected chi connectivity index (χ1v) is 7.49. The van der Waals surface area contributed by atoms with Crippen LogP contribution < -0.4 is 10.5 Å². The molecule has 2 nitrogen and oxygen atoms in total. The Labute approximate surface area is 124 Å². The van der Waals surface area contributed by atoms with Gasteiger partial charge >= 0.3 is 0 Å². The lowest BCUT2D eigenvalue weighted by molar-refractivity contribution is 0.321. The summed E-state index contributed by atoms with van der Waals surface area (Å²) in [6, 6.07) is 9.79. The molecular weight excluding hydrogens is 330 g/mol. The van der Waals surface area contributed by atoms with Gasteiger partial charge in [0.05, 0.1) is 11.1 Å². The number of nitrogens with two attached hydrogens (primary N) is 1. The second-order valence-electron chi connectivity index (χ2n) is 3.69. The highest BCUT2D eigenvalue weighted by Gasteiger charge is 2.04. The molecule has 94 valence electrons. The Morgan fingerprint density at radius 3 is 2.83 bits per heavy atom. The molecule has 18 heavy (non-hydrogen) atoms. The van der Waals surface area contributed by atoms with E-state index in [0.717, 1.165) is 22.2 Å². The average Bonchev–Trinajstić information content (AvgIpc) is 2.84. The first-order valence-electron chi connectivity index (χ1n) is 5.41. The third-order valence-electron chi connectivity index (χ3n) is 2.40. The zero-order valence-corrected chi connectivity index (χ0v) is 12.8.